The minimum atomic E-state index is 0.464. The van der Waals surface area contributed by atoms with E-state index in [4.69, 9.17) is 0 Å². The van der Waals surface area contributed by atoms with E-state index >= 15 is 0 Å². The maximum atomic E-state index is 2.35. The van der Waals surface area contributed by atoms with E-state index in [9.17, 15) is 0 Å². The first-order chi connectivity index (χ1) is 8.33. The van der Waals surface area contributed by atoms with Gasteiger partial charge < -0.3 is 0 Å². The molecule has 0 saturated heterocycles. The molecule has 84 valence electrons. The van der Waals surface area contributed by atoms with Gasteiger partial charge in [0.1, 0.15) is 0 Å². The number of rotatable bonds is 2. The largest absolute Gasteiger partial charge is 0.0776 e. The van der Waals surface area contributed by atoms with Gasteiger partial charge in [0.25, 0.3) is 0 Å². The molecule has 0 saturated carbocycles. The topological polar surface area (TPSA) is 0 Å². The Labute approximate surface area is 103 Å². The van der Waals surface area contributed by atoms with E-state index in [1.54, 1.807) is 0 Å². The van der Waals surface area contributed by atoms with Crippen LogP contribution in [0.3, 0.4) is 0 Å². The lowest BCUT2D eigenvalue weighted by Crippen LogP contribution is -1.91. The molecule has 0 radical (unpaired) electrons. The molecule has 0 amide bonds. The zero-order valence-corrected chi connectivity index (χ0v) is 10.0. The molecule has 0 nitrogen and oxygen atoms in total. The van der Waals surface area contributed by atoms with Gasteiger partial charge in [0.2, 0.25) is 0 Å². The molecule has 0 aromatic heterocycles. The van der Waals surface area contributed by atoms with Gasteiger partial charge in [-0.3, -0.25) is 0 Å². The second-order valence-corrected chi connectivity index (χ2v) is 4.76. The Morgan fingerprint density at radius 2 is 1.71 bits per heavy atom. The third-order valence-corrected chi connectivity index (χ3v) is 3.38. The molecule has 0 spiro atoms. The molecule has 1 aromatic carbocycles. The Morgan fingerprint density at radius 3 is 2.41 bits per heavy atom. The third kappa shape index (κ3) is 2.03. The van der Waals surface area contributed by atoms with Crippen molar-refractivity contribution in [3.05, 3.63) is 77.9 Å². The van der Waals surface area contributed by atoms with Crippen molar-refractivity contribution < 1.29 is 0 Å². The highest BCUT2D eigenvalue weighted by atomic mass is 14.2. The van der Waals surface area contributed by atoms with Crippen LogP contribution >= 0.6 is 0 Å². The second kappa shape index (κ2) is 4.21. The van der Waals surface area contributed by atoms with Crippen molar-refractivity contribution in [3.8, 4) is 0 Å². The lowest BCUT2D eigenvalue weighted by Gasteiger charge is -2.04. The summed E-state index contributed by atoms with van der Waals surface area (Å²) >= 11 is 0. The molecule has 1 aromatic rings. The Hall–Kier alpha value is -1.82. The van der Waals surface area contributed by atoms with Crippen LogP contribution in [0.2, 0.25) is 0 Å². The molecule has 2 aliphatic carbocycles. The first kappa shape index (κ1) is 10.3. The molecular weight excluding hydrogens is 204 g/mol. The maximum absolute atomic E-state index is 2.35. The summed E-state index contributed by atoms with van der Waals surface area (Å²) in [4.78, 5) is 0. The molecule has 3 rings (SSSR count). The van der Waals surface area contributed by atoms with Crippen molar-refractivity contribution in [2.24, 2.45) is 11.8 Å². The van der Waals surface area contributed by atoms with Crippen LogP contribution in [0.4, 0.5) is 0 Å². The quantitative estimate of drug-likeness (QED) is 0.693. The van der Waals surface area contributed by atoms with Crippen LogP contribution in [0.25, 0.3) is 5.57 Å². The third-order valence-electron chi connectivity index (χ3n) is 3.38. The smallest absolute Gasteiger partial charge is 0.0207 e. The predicted octanol–water partition coefficient (Wildman–Crippen LogP) is 4.39. The molecule has 0 aliphatic heterocycles. The number of hydrogen-bond acceptors (Lipinski definition) is 0. The molecule has 0 bridgehead atoms. The van der Waals surface area contributed by atoms with Crippen LogP contribution in [0, 0.1) is 11.8 Å². The SMILES string of the molecule is CC1C=CC(C2C=CC(c3ccccc3)=C2)=C1. The van der Waals surface area contributed by atoms with Gasteiger partial charge >= 0.3 is 0 Å². The summed E-state index contributed by atoms with van der Waals surface area (Å²) in [6.07, 6.45) is 13.7. The molecule has 2 atom stereocenters. The van der Waals surface area contributed by atoms with Crippen molar-refractivity contribution in [1.29, 1.82) is 0 Å². The standard InChI is InChI=1S/C17H16/c1-13-7-8-15(11-13)17-10-9-16(12-17)14-5-3-2-4-6-14/h2-13,17H,1H3. The summed E-state index contributed by atoms with van der Waals surface area (Å²) in [6.45, 7) is 2.23. The average molecular weight is 220 g/mol. The van der Waals surface area contributed by atoms with E-state index in [1.165, 1.54) is 16.7 Å². The summed E-state index contributed by atoms with van der Waals surface area (Å²) < 4.78 is 0. The summed E-state index contributed by atoms with van der Waals surface area (Å²) in [7, 11) is 0. The van der Waals surface area contributed by atoms with Crippen molar-refractivity contribution in [1.82, 2.24) is 0 Å². The minimum absolute atomic E-state index is 0.464. The van der Waals surface area contributed by atoms with E-state index in [0.717, 1.165) is 0 Å². The van der Waals surface area contributed by atoms with Crippen LogP contribution in [0.15, 0.2) is 72.4 Å². The van der Waals surface area contributed by atoms with Crippen LogP contribution in [0.1, 0.15) is 12.5 Å². The average Bonchev–Trinajstić information content (AvgIpc) is 2.98. The molecule has 0 heterocycles. The van der Waals surface area contributed by atoms with Gasteiger partial charge in [-0.05, 0) is 22.6 Å². The fourth-order valence-electron chi connectivity index (χ4n) is 2.44. The maximum Gasteiger partial charge on any atom is 0.0207 e. The normalized spacial score (nSPS) is 26.2. The first-order valence-electron chi connectivity index (χ1n) is 6.18. The van der Waals surface area contributed by atoms with E-state index in [0.29, 0.717) is 11.8 Å². The first-order valence-corrected chi connectivity index (χ1v) is 6.18. The van der Waals surface area contributed by atoms with Gasteiger partial charge in [0.15, 0.2) is 0 Å². The number of hydrogen-bond donors (Lipinski definition) is 0. The van der Waals surface area contributed by atoms with Gasteiger partial charge in [-0.25, -0.2) is 0 Å². The van der Waals surface area contributed by atoms with Crippen molar-refractivity contribution in [2.75, 3.05) is 0 Å². The van der Waals surface area contributed by atoms with Gasteiger partial charge in [-0.15, -0.1) is 0 Å². The zero-order valence-electron chi connectivity index (χ0n) is 10.0. The van der Waals surface area contributed by atoms with Crippen LogP contribution in [0.5, 0.6) is 0 Å². The van der Waals surface area contributed by atoms with Crippen molar-refractivity contribution >= 4 is 5.57 Å². The number of benzene rings is 1. The summed E-state index contributed by atoms with van der Waals surface area (Å²) in [6, 6.07) is 10.6. The monoisotopic (exact) mass is 220 g/mol. The van der Waals surface area contributed by atoms with Crippen LogP contribution < -0.4 is 0 Å². The van der Waals surface area contributed by atoms with E-state index in [1.807, 2.05) is 0 Å². The van der Waals surface area contributed by atoms with Crippen molar-refractivity contribution in [3.63, 3.8) is 0 Å². The van der Waals surface area contributed by atoms with Gasteiger partial charge in [-0.2, -0.15) is 0 Å². The lowest BCUT2D eigenvalue weighted by molar-refractivity contribution is 0.937. The molecular formula is C17H16. The summed E-state index contributed by atoms with van der Waals surface area (Å²) in [5.41, 5.74) is 4.08. The van der Waals surface area contributed by atoms with Gasteiger partial charge in [-0.1, -0.05) is 73.7 Å². The van der Waals surface area contributed by atoms with E-state index < -0.39 is 0 Å². The van der Waals surface area contributed by atoms with Crippen molar-refractivity contribution in [2.45, 2.75) is 6.92 Å². The highest BCUT2D eigenvalue weighted by molar-refractivity contribution is 5.77. The Kier molecular flexibility index (Phi) is 2.56. The van der Waals surface area contributed by atoms with Gasteiger partial charge in [0, 0.05) is 5.92 Å². The Bertz CT molecular complexity index is 526. The molecule has 2 unspecified atom stereocenters. The zero-order chi connectivity index (χ0) is 11.7. The molecule has 0 fully saturated rings. The Morgan fingerprint density at radius 1 is 0.882 bits per heavy atom. The lowest BCUT2D eigenvalue weighted by atomic mass is 10.0. The molecule has 2 aliphatic rings. The Balaban J connectivity index is 1.86. The fraction of sp³-hybridized carbons (Fsp3) is 0.176. The van der Waals surface area contributed by atoms with Gasteiger partial charge in [0.05, 0.1) is 0 Å². The summed E-state index contributed by atoms with van der Waals surface area (Å²) in [5, 5.41) is 0. The van der Waals surface area contributed by atoms with E-state index in [-0.39, 0.29) is 0 Å². The fourth-order valence-corrected chi connectivity index (χ4v) is 2.44. The second-order valence-electron chi connectivity index (χ2n) is 4.76. The molecule has 17 heavy (non-hydrogen) atoms. The molecule has 0 heteroatoms. The van der Waals surface area contributed by atoms with Crippen LogP contribution in [-0.4, -0.2) is 0 Å². The highest BCUT2D eigenvalue weighted by Gasteiger charge is 2.16. The predicted molar refractivity (Wildman–Crippen MR) is 73.4 cm³/mol. The van der Waals surface area contributed by atoms with Crippen LogP contribution in [-0.2, 0) is 0 Å². The highest BCUT2D eigenvalue weighted by Crippen LogP contribution is 2.32. The van der Waals surface area contributed by atoms with E-state index in [2.05, 4.69) is 73.7 Å². The summed E-state index contributed by atoms with van der Waals surface area (Å²) in [5.74, 6) is 1.05. The molecule has 0 N–H and O–H groups in total. The number of allylic oxidation sites excluding steroid dienone is 8. The minimum Gasteiger partial charge on any atom is -0.0776 e.